The molecule has 2 aromatic rings. The molecule has 1 heterocycles. The standard InChI is InChI=1S/C19H25N3O3/c1-19(10-6-5-9-17(19)23)13-21-18(24)20-12-15-11-16(25-22-15)14-7-3-2-4-8-14/h2-4,7-8,11,17,23H,5-6,9-10,12-13H2,1H3,(H2,20,21,24). The monoisotopic (exact) mass is 343 g/mol. The first kappa shape index (κ1) is 17.5. The number of carbonyl (C=O) groups excluding carboxylic acids is 1. The summed E-state index contributed by atoms with van der Waals surface area (Å²) in [7, 11) is 0. The number of aromatic nitrogens is 1. The van der Waals surface area contributed by atoms with Crippen LogP contribution in [0.2, 0.25) is 0 Å². The van der Waals surface area contributed by atoms with Gasteiger partial charge in [0.05, 0.1) is 12.6 Å². The summed E-state index contributed by atoms with van der Waals surface area (Å²) in [5.74, 6) is 0.677. The van der Waals surface area contributed by atoms with Gasteiger partial charge in [-0.3, -0.25) is 0 Å². The van der Waals surface area contributed by atoms with Crippen molar-refractivity contribution in [3.63, 3.8) is 0 Å². The Kier molecular flexibility index (Phi) is 5.38. The van der Waals surface area contributed by atoms with Gasteiger partial charge in [0.15, 0.2) is 5.76 Å². The molecule has 134 valence electrons. The Morgan fingerprint density at radius 3 is 2.88 bits per heavy atom. The summed E-state index contributed by atoms with van der Waals surface area (Å²) in [5.41, 5.74) is 1.37. The van der Waals surface area contributed by atoms with Crippen LogP contribution in [0.4, 0.5) is 4.79 Å². The summed E-state index contributed by atoms with van der Waals surface area (Å²) in [6.45, 7) is 2.79. The Bertz CT molecular complexity index is 701. The van der Waals surface area contributed by atoms with Crippen molar-refractivity contribution in [2.75, 3.05) is 6.54 Å². The average Bonchev–Trinajstić information content (AvgIpc) is 3.11. The summed E-state index contributed by atoms with van der Waals surface area (Å²) < 4.78 is 5.31. The van der Waals surface area contributed by atoms with Crippen LogP contribution < -0.4 is 10.6 Å². The first-order chi connectivity index (χ1) is 12.1. The van der Waals surface area contributed by atoms with Crippen molar-refractivity contribution in [1.82, 2.24) is 15.8 Å². The number of aliphatic hydroxyl groups excluding tert-OH is 1. The van der Waals surface area contributed by atoms with Gasteiger partial charge in [-0.05, 0) is 12.8 Å². The Morgan fingerprint density at radius 2 is 2.12 bits per heavy atom. The summed E-state index contributed by atoms with van der Waals surface area (Å²) in [6.07, 6.45) is 3.53. The van der Waals surface area contributed by atoms with E-state index in [2.05, 4.69) is 15.8 Å². The van der Waals surface area contributed by atoms with E-state index < -0.39 is 0 Å². The van der Waals surface area contributed by atoms with E-state index in [1.165, 1.54) is 0 Å². The molecule has 1 aliphatic carbocycles. The summed E-state index contributed by atoms with van der Waals surface area (Å²) in [4.78, 5) is 12.0. The normalized spacial score (nSPS) is 23.2. The van der Waals surface area contributed by atoms with E-state index in [0.29, 0.717) is 24.5 Å². The van der Waals surface area contributed by atoms with E-state index >= 15 is 0 Å². The van der Waals surface area contributed by atoms with Crippen LogP contribution in [0.5, 0.6) is 0 Å². The first-order valence-electron chi connectivity index (χ1n) is 8.78. The lowest BCUT2D eigenvalue weighted by Crippen LogP contribution is -2.47. The number of nitrogens with zero attached hydrogens (tertiary/aromatic N) is 1. The van der Waals surface area contributed by atoms with Crippen molar-refractivity contribution in [2.24, 2.45) is 5.41 Å². The number of aliphatic hydroxyl groups is 1. The lowest BCUT2D eigenvalue weighted by Gasteiger charge is -2.38. The second-order valence-corrected chi connectivity index (χ2v) is 7.00. The first-order valence-corrected chi connectivity index (χ1v) is 8.78. The van der Waals surface area contributed by atoms with Crippen molar-refractivity contribution in [3.05, 3.63) is 42.1 Å². The largest absolute Gasteiger partial charge is 0.392 e. The second kappa shape index (κ2) is 7.70. The zero-order valence-electron chi connectivity index (χ0n) is 14.5. The number of carbonyl (C=O) groups is 1. The topological polar surface area (TPSA) is 87.4 Å². The van der Waals surface area contributed by atoms with E-state index in [1.54, 1.807) is 0 Å². The van der Waals surface area contributed by atoms with Crippen LogP contribution in [0.15, 0.2) is 40.9 Å². The fraction of sp³-hybridized carbons (Fsp3) is 0.474. The van der Waals surface area contributed by atoms with Gasteiger partial charge in [-0.1, -0.05) is 55.3 Å². The SMILES string of the molecule is CC1(CNC(=O)NCc2cc(-c3ccccc3)on2)CCCCC1O. The van der Waals surface area contributed by atoms with E-state index in [9.17, 15) is 9.90 Å². The number of amides is 2. The molecule has 6 heteroatoms. The van der Waals surface area contributed by atoms with Gasteiger partial charge in [-0.25, -0.2) is 4.79 Å². The van der Waals surface area contributed by atoms with Crippen LogP contribution in [-0.2, 0) is 6.54 Å². The minimum atomic E-state index is -0.356. The van der Waals surface area contributed by atoms with Crippen molar-refractivity contribution >= 4 is 6.03 Å². The third-order valence-electron chi connectivity index (χ3n) is 4.98. The highest BCUT2D eigenvalue weighted by Crippen LogP contribution is 2.35. The Balaban J connectivity index is 1.47. The average molecular weight is 343 g/mol. The maximum Gasteiger partial charge on any atom is 0.315 e. The summed E-state index contributed by atoms with van der Waals surface area (Å²) >= 11 is 0. The summed E-state index contributed by atoms with van der Waals surface area (Å²) in [5, 5.41) is 19.8. The molecule has 2 unspecified atom stereocenters. The molecule has 2 atom stereocenters. The maximum atomic E-state index is 12.0. The Labute approximate surface area is 147 Å². The highest BCUT2D eigenvalue weighted by Gasteiger charge is 2.35. The van der Waals surface area contributed by atoms with E-state index in [-0.39, 0.29) is 17.6 Å². The molecular weight excluding hydrogens is 318 g/mol. The van der Waals surface area contributed by atoms with Gasteiger partial charge < -0.3 is 20.3 Å². The highest BCUT2D eigenvalue weighted by atomic mass is 16.5. The van der Waals surface area contributed by atoms with Gasteiger partial charge in [0, 0.05) is 23.6 Å². The minimum Gasteiger partial charge on any atom is -0.392 e. The number of urea groups is 1. The number of hydrogen-bond donors (Lipinski definition) is 3. The molecule has 2 amide bonds. The van der Waals surface area contributed by atoms with Gasteiger partial charge in [-0.2, -0.15) is 0 Å². The molecule has 3 N–H and O–H groups in total. The van der Waals surface area contributed by atoms with Gasteiger partial charge in [0.25, 0.3) is 0 Å². The van der Waals surface area contributed by atoms with Crippen molar-refractivity contribution < 1.29 is 14.4 Å². The van der Waals surface area contributed by atoms with Crippen molar-refractivity contribution in [1.29, 1.82) is 0 Å². The second-order valence-electron chi connectivity index (χ2n) is 7.00. The van der Waals surface area contributed by atoms with Crippen LogP contribution in [0.3, 0.4) is 0 Å². The zero-order valence-corrected chi connectivity index (χ0v) is 14.5. The quantitative estimate of drug-likeness (QED) is 0.778. The Hall–Kier alpha value is -2.34. The molecule has 1 aliphatic rings. The zero-order chi connectivity index (χ0) is 17.7. The van der Waals surface area contributed by atoms with Crippen LogP contribution in [-0.4, -0.2) is 28.9 Å². The number of benzene rings is 1. The predicted molar refractivity (Wildman–Crippen MR) is 94.8 cm³/mol. The lowest BCUT2D eigenvalue weighted by molar-refractivity contribution is 0.00308. The molecule has 1 saturated carbocycles. The molecule has 0 saturated heterocycles. The minimum absolute atomic E-state index is 0.246. The smallest absolute Gasteiger partial charge is 0.315 e. The molecular formula is C19H25N3O3. The van der Waals surface area contributed by atoms with E-state index in [4.69, 9.17) is 4.52 Å². The van der Waals surface area contributed by atoms with Crippen LogP contribution in [0.25, 0.3) is 11.3 Å². The predicted octanol–water partition coefficient (Wildman–Crippen LogP) is 3.08. The Morgan fingerprint density at radius 1 is 1.32 bits per heavy atom. The van der Waals surface area contributed by atoms with Gasteiger partial charge in [0.1, 0.15) is 5.69 Å². The molecule has 0 aliphatic heterocycles. The molecule has 3 rings (SSSR count). The fourth-order valence-corrected chi connectivity index (χ4v) is 3.24. The number of nitrogens with one attached hydrogen (secondary N) is 2. The van der Waals surface area contributed by atoms with Crippen molar-refractivity contribution in [2.45, 2.75) is 45.3 Å². The van der Waals surface area contributed by atoms with E-state index in [0.717, 1.165) is 31.2 Å². The number of rotatable bonds is 5. The summed E-state index contributed by atoms with van der Waals surface area (Å²) in [6, 6.07) is 11.3. The fourth-order valence-electron chi connectivity index (χ4n) is 3.24. The van der Waals surface area contributed by atoms with Gasteiger partial charge in [-0.15, -0.1) is 0 Å². The third-order valence-corrected chi connectivity index (χ3v) is 4.98. The highest BCUT2D eigenvalue weighted by molar-refractivity contribution is 5.73. The molecule has 0 bridgehead atoms. The van der Waals surface area contributed by atoms with Crippen LogP contribution in [0.1, 0.15) is 38.3 Å². The third kappa shape index (κ3) is 4.39. The maximum absolute atomic E-state index is 12.0. The molecule has 25 heavy (non-hydrogen) atoms. The van der Waals surface area contributed by atoms with Crippen LogP contribution in [0, 0.1) is 5.41 Å². The molecule has 1 aromatic heterocycles. The van der Waals surface area contributed by atoms with Gasteiger partial charge in [0.2, 0.25) is 0 Å². The van der Waals surface area contributed by atoms with E-state index in [1.807, 2.05) is 43.3 Å². The van der Waals surface area contributed by atoms with Gasteiger partial charge >= 0.3 is 6.03 Å². The number of hydrogen-bond acceptors (Lipinski definition) is 4. The van der Waals surface area contributed by atoms with Crippen molar-refractivity contribution in [3.8, 4) is 11.3 Å². The van der Waals surface area contributed by atoms with Crippen LogP contribution >= 0.6 is 0 Å². The lowest BCUT2D eigenvalue weighted by atomic mass is 9.73. The molecule has 1 fully saturated rings. The molecule has 6 nitrogen and oxygen atoms in total. The molecule has 0 radical (unpaired) electrons. The molecule has 0 spiro atoms. The molecule has 1 aromatic carbocycles.